The number of nitrogens with one attached hydrogen (secondary N) is 2. The molecule has 3 aromatic rings. The highest BCUT2D eigenvalue weighted by molar-refractivity contribution is 5.96. The van der Waals surface area contributed by atoms with Gasteiger partial charge in [0.2, 0.25) is 5.91 Å². The maximum absolute atomic E-state index is 12.5. The van der Waals surface area contributed by atoms with Gasteiger partial charge >= 0.3 is 6.03 Å². The fourth-order valence-electron chi connectivity index (χ4n) is 3.36. The largest absolute Gasteiger partial charge is 0.493 e. The number of rotatable bonds is 7. The summed E-state index contributed by atoms with van der Waals surface area (Å²) in [5.74, 6) is 1.28. The van der Waals surface area contributed by atoms with E-state index in [0.717, 1.165) is 11.4 Å². The second-order valence-electron chi connectivity index (χ2n) is 7.23. The molecule has 1 aliphatic heterocycles. The van der Waals surface area contributed by atoms with E-state index >= 15 is 0 Å². The van der Waals surface area contributed by atoms with Gasteiger partial charge in [-0.25, -0.2) is 9.78 Å². The zero-order valence-corrected chi connectivity index (χ0v) is 16.9. The number of anilines is 2. The lowest BCUT2D eigenvalue weighted by atomic mass is 10.1. The Morgan fingerprint density at radius 2 is 1.90 bits per heavy atom. The Morgan fingerprint density at radius 1 is 1.06 bits per heavy atom. The first-order valence-electron chi connectivity index (χ1n) is 10.1. The van der Waals surface area contributed by atoms with Crippen LogP contribution in [-0.4, -0.2) is 35.1 Å². The maximum atomic E-state index is 12.5. The van der Waals surface area contributed by atoms with Gasteiger partial charge in [-0.15, -0.1) is 0 Å². The van der Waals surface area contributed by atoms with E-state index in [4.69, 9.17) is 4.74 Å². The van der Waals surface area contributed by atoms with Crippen molar-refractivity contribution in [1.82, 2.24) is 15.3 Å². The van der Waals surface area contributed by atoms with Gasteiger partial charge in [0.15, 0.2) is 0 Å². The van der Waals surface area contributed by atoms with Gasteiger partial charge in [-0.05, 0) is 30.3 Å². The van der Waals surface area contributed by atoms with Crippen LogP contribution in [0.25, 0.3) is 0 Å². The summed E-state index contributed by atoms with van der Waals surface area (Å²) in [7, 11) is 0. The average molecular weight is 417 g/mol. The number of para-hydroxylation sites is 1. The fourth-order valence-corrected chi connectivity index (χ4v) is 3.36. The van der Waals surface area contributed by atoms with Crippen molar-refractivity contribution in [2.45, 2.75) is 13.0 Å². The van der Waals surface area contributed by atoms with Gasteiger partial charge in [-0.3, -0.25) is 15.1 Å². The van der Waals surface area contributed by atoms with Crippen LogP contribution in [0, 0.1) is 5.92 Å². The molecule has 2 aromatic heterocycles. The standard InChI is InChI=1S/C23H23N5O3/c29-22-12-17(16-31-20-7-2-1-3-8-20)15-28(22)19-9-11-25-21(13-19)27-23(30)26-14-18-6-4-5-10-24-18/h1-11,13,17H,12,14-16H2,(H2,25,26,27,30). The lowest BCUT2D eigenvalue weighted by Crippen LogP contribution is -2.29. The minimum atomic E-state index is -0.391. The van der Waals surface area contributed by atoms with E-state index < -0.39 is 6.03 Å². The second kappa shape index (κ2) is 9.71. The van der Waals surface area contributed by atoms with Crippen molar-refractivity contribution in [3.63, 3.8) is 0 Å². The van der Waals surface area contributed by atoms with Gasteiger partial charge in [0, 0.05) is 43.0 Å². The third-order valence-electron chi connectivity index (χ3n) is 4.89. The van der Waals surface area contributed by atoms with Gasteiger partial charge in [-0.2, -0.15) is 0 Å². The number of hydrogen-bond acceptors (Lipinski definition) is 5. The highest BCUT2D eigenvalue weighted by atomic mass is 16.5. The first-order valence-corrected chi connectivity index (χ1v) is 10.1. The number of carbonyl (C=O) groups excluding carboxylic acids is 2. The third kappa shape index (κ3) is 5.57. The highest BCUT2D eigenvalue weighted by Crippen LogP contribution is 2.27. The van der Waals surface area contributed by atoms with Crippen molar-refractivity contribution in [1.29, 1.82) is 0 Å². The van der Waals surface area contributed by atoms with Crippen LogP contribution in [0.3, 0.4) is 0 Å². The number of urea groups is 1. The summed E-state index contributed by atoms with van der Waals surface area (Å²) < 4.78 is 5.80. The topological polar surface area (TPSA) is 96.5 Å². The van der Waals surface area contributed by atoms with Crippen molar-refractivity contribution in [3.8, 4) is 5.75 Å². The molecule has 158 valence electrons. The van der Waals surface area contributed by atoms with Crippen molar-refractivity contribution < 1.29 is 14.3 Å². The summed E-state index contributed by atoms with van der Waals surface area (Å²) >= 11 is 0. The minimum absolute atomic E-state index is 0.0263. The quantitative estimate of drug-likeness (QED) is 0.615. The van der Waals surface area contributed by atoms with Crippen molar-refractivity contribution in [3.05, 3.63) is 78.8 Å². The van der Waals surface area contributed by atoms with Crippen molar-refractivity contribution in [2.24, 2.45) is 5.92 Å². The summed E-state index contributed by atoms with van der Waals surface area (Å²) in [6, 6.07) is 18.1. The summed E-state index contributed by atoms with van der Waals surface area (Å²) in [5.41, 5.74) is 1.45. The van der Waals surface area contributed by atoms with Crippen molar-refractivity contribution >= 4 is 23.4 Å². The molecule has 0 spiro atoms. The van der Waals surface area contributed by atoms with Crippen molar-refractivity contribution in [2.75, 3.05) is 23.4 Å². The number of amides is 3. The molecule has 1 aliphatic rings. The zero-order valence-electron chi connectivity index (χ0n) is 16.9. The normalized spacial score (nSPS) is 15.5. The van der Waals surface area contributed by atoms with Crippen LogP contribution in [-0.2, 0) is 11.3 Å². The number of hydrogen-bond donors (Lipinski definition) is 2. The van der Waals surface area contributed by atoms with Gasteiger partial charge in [0.1, 0.15) is 11.6 Å². The SMILES string of the molecule is O=C(NCc1ccccn1)Nc1cc(N2CC(COc3ccccc3)CC2=O)ccn1. The summed E-state index contributed by atoms with van der Waals surface area (Å²) in [6.07, 6.45) is 3.67. The van der Waals surface area contributed by atoms with E-state index in [1.807, 2.05) is 48.5 Å². The molecule has 3 amide bonds. The van der Waals surface area contributed by atoms with Crippen LogP contribution >= 0.6 is 0 Å². The molecule has 8 nitrogen and oxygen atoms in total. The summed E-state index contributed by atoms with van der Waals surface area (Å²) in [5, 5.41) is 5.43. The van der Waals surface area contributed by atoms with Gasteiger partial charge < -0.3 is 15.0 Å². The second-order valence-corrected chi connectivity index (χ2v) is 7.23. The molecule has 31 heavy (non-hydrogen) atoms. The predicted molar refractivity (Wildman–Crippen MR) is 117 cm³/mol. The van der Waals surface area contributed by atoms with Crippen LogP contribution in [0.1, 0.15) is 12.1 Å². The van der Waals surface area contributed by atoms with Gasteiger partial charge in [0.25, 0.3) is 0 Å². The zero-order chi connectivity index (χ0) is 21.5. The Kier molecular flexibility index (Phi) is 6.37. The van der Waals surface area contributed by atoms with E-state index in [-0.39, 0.29) is 11.8 Å². The van der Waals surface area contributed by atoms with Gasteiger partial charge in [0.05, 0.1) is 18.8 Å². The first kappa shape index (κ1) is 20.3. The monoisotopic (exact) mass is 417 g/mol. The van der Waals surface area contributed by atoms with Gasteiger partial charge in [-0.1, -0.05) is 24.3 Å². The molecular weight excluding hydrogens is 394 g/mol. The molecule has 1 fully saturated rings. The van der Waals surface area contributed by atoms with E-state index in [1.54, 1.807) is 29.4 Å². The Hall–Kier alpha value is -3.94. The summed E-state index contributed by atoms with van der Waals surface area (Å²) in [4.78, 5) is 34.7. The van der Waals surface area contributed by atoms with E-state index in [0.29, 0.717) is 37.6 Å². The Balaban J connectivity index is 1.32. The van der Waals surface area contributed by atoms with Crippen LogP contribution in [0.4, 0.5) is 16.3 Å². The van der Waals surface area contributed by atoms with E-state index in [9.17, 15) is 9.59 Å². The molecule has 1 saturated heterocycles. The Morgan fingerprint density at radius 3 is 2.71 bits per heavy atom. The number of pyridine rings is 2. The summed E-state index contributed by atoms with van der Waals surface area (Å²) in [6.45, 7) is 1.33. The smallest absolute Gasteiger partial charge is 0.320 e. The van der Waals surface area contributed by atoms with Crippen LogP contribution in [0.15, 0.2) is 73.1 Å². The highest BCUT2D eigenvalue weighted by Gasteiger charge is 2.31. The molecule has 0 aliphatic carbocycles. The maximum Gasteiger partial charge on any atom is 0.320 e. The minimum Gasteiger partial charge on any atom is -0.493 e. The molecule has 2 N–H and O–H groups in total. The average Bonchev–Trinajstić information content (AvgIpc) is 3.18. The molecule has 0 radical (unpaired) electrons. The first-order chi connectivity index (χ1) is 15.2. The number of carbonyl (C=O) groups is 2. The molecule has 0 saturated carbocycles. The molecular formula is C23H23N5O3. The molecule has 1 aromatic carbocycles. The number of nitrogens with zero attached hydrogens (tertiary/aromatic N) is 3. The van der Waals surface area contributed by atoms with E-state index in [1.165, 1.54) is 0 Å². The molecule has 3 heterocycles. The predicted octanol–water partition coefficient (Wildman–Crippen LogP) is 3.23. The number of benzene rings is 1. The van der Waals surface area contributed by atoms with E-state index in [2.05, 4.69) is 20.6 Å². The lowest BCUT2D eigenvalue weighted by Gasteiger charge is -2.18. The lowest BCUT2D eigenvalue weighted by molar-refractivity contribution is -0.117. The number of ether oxygens (including phenoxy) is 1. The molecule has 4 rings (SSSR count). The van der Waals surface area contributed by atoms with Crippen LogP contribution < -0.4 is 20.3 Å². The molecule has 0 bridgehead atoms. The third-order valence-corrected chi connectivity index (χ3v) is 4.89. The Labute approximate surface area is 180 Å². The number of aromatic nitrogens is 2. The van der Waals surface area contributed by atoms with Crippen LogP contribution in [0.2, 0.25) is 0 Å². The molecule has 8 heteroatoms. The molecule has 1 unspecified atom stereocenters. The fraction of sp³-hybridized carbons (Fsp3) is 0.217. The molecule has 1 atom stereocenters. The Bertz CT molecular complexity index is 1030. The van der Waals surface area contributed by atoms with Crippen LogP contribution in [0.5, 0.6) is 5.75 Å².